The van der Waals surface area contributed by atoms with Crippen molar-refractivity contribution >= 4 is 23.6 Å². The van der Waals surface area contributed by atoms with Crippen LogP contribution in [0.5, 0.6) is 0 Å². The fourth-order valence-corrected chi connectivity index (χ4v) is 3.39. The van der Waals surface area contributed by atoms with E-state index >= 15 is 0 Å². The van der Waals surface area contributed by atoms with Crippen LogP contribution in [-0.4, -0.2) is 34.7 Å². The molecule has 0 radical (unpaired) electrons. The summed E-state index contributed by atoms with van der Waals surface area (Å²) in [5.74, 6) is -1.80. The van der Waals surface area contributed by atoms with E-state index in [9.17, 15) is 19.2 Å². The van der Waals surface area contributed by atoms with E-state index < -0.39 is 23.8 Å². The van der Waals surface area contributed by atoms with Crippen molar-refractivity contribution in [2.24, 2.45) is 5.73 Å². The van der Waals surface area contributed by atoms with Crippen LogP contribution < -0.4 is 5.73 Å². The number of rotatable bonds is 17. The smallest absolute Gasteiger partial charge is 0.330 e. The van der Waals surface area contributed by atoms with Crippen molar-refractivity contribution in [3.05, 3.63) is 0 Å². The van der Waals surface area contributed by atoms with Crippen molar-refractivity contribution in [1.82, 2.24) is 5.06 Å². The predicted octanol–water partition coefficient (Wildman–Crippen LogP) is 3.97. The molecule has 29 heavy (non-hydrogen) atoms. The molecule has 1 heterocycles. The van der Waals surface area contributed by atoms with Gasteiger partial charge in [-0.3, -0.25) is 14.4 Å². The zero-order chi connectivity index (χ0) is 21.5. The molecule has 1 fully saturated rings. The Balaban J connectivity index is 2.00. The molecule has 0 bridgehead atoms. The van der Waals surface area contributed by atoms with Gasteiger partial charge >= 0.3 is 5.97 Å². The van der Waals surface area contributed by atoms with Crippen LogP contribution in [0.25, 0.3) is 0 Å². The molecule has 1 unspecified atom stereocenters. The fourth-order valence-electron chi connectivity index (χ4n) is 3.39. The van der Waals surface area contributed by atoms with E-state index in [1.54, 1.807) is 0 Å². The molecule has 1 aliphatic rings. The molecule has 1 saturated heterocycles. The van der Waals surface area contributed by atoms with Gasteiger partial charge in [-0.1, -0.05) is 71.1 Å². The molecule has 1 rings (SSSR count). The molecule has 0 saturated carbocycles. The van der Waals surface area contributed by atoms with Gasteiger partial charge in [0, 0.05) is 25.7 Å². The number of amides is 2. The first kappa shape index (κ1) is 25.3. The Morgan fingerprint density at radius 3 is 1.86 bits per heavy atom. The zero-order valence-corrected chi connectivity index (χ0v) is 18.0. The third-order valence-corrected chi connectivity index (χ3v) is 5.30. The van der Waals surface area contributed by atoms with E-state index in [0.717, 1.165) is 19.3 Å². The van der Waals surface area contributed by atoms with Crippen molar-refractivity contribution in [3.63, 3.8) is 0 Å². The first-order valence-electron chi connectivity index (χ1n) is 11.3. The van der Waals surface area contributed by atoms with Gasteiger partial charge in [0.05, 0.1) is 6.04 Å². The molecule has 166 valence electrons. The van der Waals surface area contributed by atoms with Gasteiger partial charge in [-0.05, 0) is 12.8 Å². The minimum Gasteiger partial charge on any atom is -0.330 e. The summed E-state index contributed by atoms with van der Waals surface area (Å²) < 4.78 is 0. The van der Waals surface area contributed by atoms with E-state index in [1.807, 2.05) is 0 Å². The number of imide groups is 1. The van der Waals surface area contributed by atoms with Crippen LogP contribution >= 0.6 is 0 Å². The van der Waals surface area contributed by atoms with Crippen LogP contribution in [0.3, 0.4) is 0 Å². The number of ketones is 1. The topological polar surface area (TPSA) is 107 Å². The van der Waals surface area contributed by atoms with Crippen LogP contribution in [0, 0.1) is 0 Å². The number of carbonyl (C=O) groups excluding carboxylic acids is 4. The molecule has 7 heteroatoms. The lowest BCUT2D eigenvalue weighted by Crippen LogP contribution is -2.34. The summed E-state index contributed by atoms with van der Waals surface area (Å²) in [6, 6.07) is -0.712. The van der Waals surface area contributed by atoms with E-state index in [1.165, 1.54) is 51.4 Å². The average molecular weight is 411 g/mol. The largest absolute Gasteiger partial charge is 0.333 e. The summed E-state index contributed by atoms with van der Waals surface area (Å²) >= 11 is 0. The summed E-state index contributed by atoms with van der Waals surface area (Å²) in [5.41, 5.74) is 5.85. The van der Waals surface area contributed by atoms with Gasteiger partial charge in [0.1, 0.15) is 5.78 Å². The minimum atomic E-state index is -0.716. The maximum atomic E-state index is 12.1. The number of hydroxylamine groups is 2. The standard InChI is InChI=1S/C22H38N2O5/c1-2-3-4-5-6-7-8-9-10-11-12-13-19(25)18(23)14-17-22(28)29-24-20(26)15-16-21(24)27/h18H,2-17,23H2,1H3. The molecule has 0 aliphatic carbocycles. The Morgan fingerprint density at radius 1 is 0.862 bits per heavy atom. The lowest BCUT2D eigenvalue weighted by molar-refractivity contribution is -0.197. The minimum absolute atomic E-state index is 0.0537. The van der Waals surface area contributed by atoms with Crippen LogP contribution in [0.1, 0.15) is 110 Å². The normalized spacial score (nSPS) is 15.0. The predicted molar refractivity (Wildman–Crippen MR) is 110 cm³/mol. The SMILES string of the molecule is CCCCCCCCCCCCCC(=O)C(N)CCC(=O)ON1C(=O)CCC1=O. The quantitative estimate of drug-likeness (QED) is 0.287. The number of carbonyl (C=O) groups is 4. The van der Waals surface area contributed by atoms with E-state index in [0.29, 0.717) is 11.5 Å². The van der Waals surface area contributed by atoms with Crippen molar-refractivity contribution < 1.29 is 24.0 Å². The number of hydrogen-bond donors (Lipinski definition) is 1. The highest BCUT2D eigenvalue weighted by atomic mass is 16.7. The highest BCUT2D eigenvalue weighted by Crippen LogP contribution is 2.14. The molecule has 2 N–H and O–H groups in total. The Bertz CT molecular complexity index is 519. The summed E-state index contributed by atoms with van der Waals surface area (Å²) in [4.78, 5) is 51.4. The molecule has 2 amide bonds. The summed E-state index contributed by atoms with van der Waals surface area (Å²) in [5, 5.41) is 0.515. The second kappa shape index (κ2) is 15.1. The van der Waals surface area contributed by atoms with Gasteiger partial charge < -0.3 is 10.6 Å². The Kier molecular flexibility index (Phi) is 13.2. The third kappa shape index (κ3) is 11.1. The second-order valence-corrected chi connectivity index (χ2v) is 7.94. The first-order valence-corrected chi connectivity index (χ1v) is 11.3. The average Bonchev–Trinajstić information content (AvgIpc) is 3.02. The zero-order valence-electron chi connectivity index (χ0n) is 18.0. The molecular weight excluding hydrogens is 372 g/mol. The van der Waals surface area contributed by atoms with Crippen LogP contribution in [0.2, 0.25) is 0 Å². The molecule has 1 atom stereocenters. The Labute approximate surface area is 174 Å². The Hall–Kier alpha value is -1.76. The number of nitrogens with two attached hydrogens (primary N) is 1. The maximum absolute atomic E-state index is 12.1. The van der Waals surface area contributed by atoms with Crippen molar-refractivity contribution in [3.8, 4) is 0 Å². The monoisotopic (exact) mass is 410 g/mol. The van der Waals surface area contributed by atoms with Gasteiger partial charge in [-0.2, -0.15) is 0 Å². The summed E-state index contributed by atoms with van der Waals surface area (Å²) in [7, 11) is 0. The second-order valence-electron chi connectivity index (χ2n) is 7.94. The van der Waals surface area contributed by atoms with Crippen molar-refractivity contribution in [2.45, 2.75) is 116 Å². The van der Waals surface area contributed by atoms with Crippen LogP contribution in [-0.2, 0) is 24.0 Å². The number of unbranched alkanes of at least 4 members (excludes halogenated alkanes) is 10. The fraction of sp³-hybridized carbons (Fsp3) is 0.818. The van der Waals surface area contributed by atoms with Crippen LogP contribution in [0.4, 0.5) is 0 Å². The molecule has 1 aliphatic heterocycles. The third-order valence-electron chi connectivity index (χ3n) is 5.30. The first-order chi connectivity index (χ1) is 14.0. The number of Topliss-reactive ketones (excluding diaryl/α,β-unsaturated/α-hetero) is 1. The van der Waals surface area contributed by atoms with Gasteiger partial charge in [0.2, 0.25) is 0 Å². The lowest BCUT2D eigenvalue weighted by atomic mass is 10.0. The van der Waals surface area contributed by atoms with E-state index in [-0.39, 0.29) is 31.5 Å². The molecule has 0 spiro atoms. The Morgan fingerprint density at radius 2 is 1.34 bits per heavy atom. The molecule has 0 aromatic carbocycles. The molecule has 7 nitrogen and oxygen atoms in total. The number of hydrogen-bond acceptors (Lipinski definition) is 6. The molecule has 0 aromatic heterocycles. The van der Waals surface area contributed by atoms with Gasteiger partial charge in [0.15, 0.2) is 0 Å². The summed E-state index contributed by atoms with van der Waals surface area (Å²) in [6.07, 6.45) is 14.0. The molecule has 0 aromatic rings. The lowest BCUT2D eigenvalue weighted by Gasteiger charge is -2.14. The summed E-state index contributed by atoms with van der Waals surface area (Å²) in [6.45, 7) is 2.23. The highest BCUT2D eigenvalue weighted by molar-refractivity contribution is 6.01. The van der Waals surface area contributed by atoms with Crippen molar-refractivity contribution in [1.29, 1.82) is 0 Å². The number of nitrogens with zero attached hydrogens (tertiary/aromatic N) is 1. The van der Waals surface area contributed by atoms with Crippen molar-refractivity contribution in [2.75, 3.05) is 0 Å². The highest BCUT2D eigenvalue weighted by Gasteiger charge is 2.32. The van der Waals surface area contributed by atoms with Gasteiger partial charge in [0.25, 0.3) is 11.8 Å². The van der Waals surface area contributed by atoms with E-state index in [2.05, 4.69) is 6.92 Å². The van der Waals surface area contributed by atoms with E-state index in [4.69, 9.17) is 10.6 Å². The van der Waals surface area contributed by atoms with Crippen LogP contribution in [0.15, 0.2) is 0 Å². The maximum Gasteiger partial charge on any atom is 0.333 e. The van der Waals surface area contributed by atoms with Gasteiger partial charge in [-0.15, -0.1) is 5.06 Å². The van der Waals surface area contributed by atoms with Gasteiger partial charge in [-0.25, -0.2) is 4.79 Å². The molecular formula is C22H38N2O5.